The summed E-state index contributed by atoms with van der Waals surface area (Å²) >= 11 is 5.03. The van der Waals surface area contributed by atoms with Crippen LogP contribution in [0.15, 0.2) is 33.6 Å². The zero-order chi connectivity index (χ0) is 11.3. The topological polar surface area (TPSA) is 55.1 Å². The largest absolute Gasteiger partial charge is 0.294 e. The van der Waals surface area contributed by atoms with Crippen LogP contribution in [0.3, 0.4) is 0 Å². The van der Waals surface area contributed by atoms with Crippen LogP contribution in [-0.4, -0.2) is 11.2 Å². The number of hydrogen-bond acceptors (Lipinski definition) is 3. The summed E-state index contributed by atoms with van der Waals surface area (Å²) in [6, 6.07) is 8.01. The molecule has 0 saturated carbocycles. The van der Waals surface area contributed by atoms with Gasteiger partial charge in [-0.25, -0.2) is 5.84 Å². The maximum atomic E-state index is 11.0. The second-order valence-electron chi connectivity index (χ2n) is 3.15. The van der Waals surface area contributed by atoms with E-state index >= 15 is 0 Å². The minimum Gasteiger partial charge on any atom is -0.294 e. The molecule has 0 radical (unpaired) electrons. The molecule has 0 spiro atoms. The molecule has 1 aromatic rings. The van der Waals surface area contributed by atoms with E-state index in [9.17, 15) is 4.79 Å². The van der Waals surface area contributed by atoms with E-state index in [-0.39, 0.29) is 11.2 Å². The highest BCUT2D eigenvalue weighted by atomic mass is 79.9. The lowest BCUT2D eigenvalue weighted by molar-refractivity contribution is -0.121. The van der Waals surface area contributed by atoms with Crippen LogP contribution < -0.4 is 11.3 Å². The molecule has 5 heteroatoms. The van der Waals surface area contributed by atoms with E-state index in [1.54, 1.807) is 11.8 Å². The van der Waals surface area contributed by atoms with Crippen LogP contribution in [0.1, 0.15) is 13.3 Å². The summed E-state index contributed by atoms with van der Waals surface area (Å²) in [7, 11) is 0. The highest BCUT2D eigenvalue weighted by molar-refractivity contribution is 9.10. The van der Waals surface area contributed by atoms with Crippen LogP contribution in [0.4, 0.5) is 0 Å². The average Bonchev–Trinajstić information content (AvgIpc) is 2.21. The summed E-state index contributed by atoms with van der Waals surface area (Å²) in [5.41, 5.74) is 2.13. The number of thioether (sulfide) groups is 1. The predicted octanol–water partition coefficient (Wildman–Crippen LogP) is 2.31. The van der Waals surface area contributed by atoms with Crippen molar-refractivity contribution in [3.8, 4) is 0 Å². The van der Waals surface area contributed by atoms with Crippen molar-refractivity contribution in [3.63, 3.8) is 0 Å². The third kappa shape index (κ3) is 4.68. The number of rotatable bonds is 4. The van der Waals surface area contributed by atoms with E-state index in [1.165, 1.54) is 0 Å². The molecule has 1 amide bonds. The number of carbonyl (C=O) groups is 1. The lowest BCUT2D eigenvalue weighted by Crippen LogP contribution is -2.31. The van der Waals surface area contributed by atoms with E-state index in [1.807, 2.05) is 31.2 Å². The van der Waals surface area contributed by atoms with E-state index in [4.69, 9.17) is 5.84 Å². The SMILES string of the molecule is CC(CC(=O)NN)Sc1ccc(Br)cc1. The number of halogens is 1. The van der Waals surface area contributed by atoms with Crippen LogP contribution in [0.2, 0.25) is 0 Å². The molecule has 1 unspecified atom stereocenters. The van der Waals surface area contributed by atoms with Gasteiger partial charge >= 0.3 is 0 Å². The molecule has 0 fully saturated rings. The predicted molar refractivity (Wildman–Crippen MR) is 66.4 cm³/mol. The first kappa shape index (κ1) is 12.5. The van der Waals surface area contributed by atoms with Gasteiger partial charge in [0.25, 0.3) is 0 Å². The van der Waals surface area contributed by atoms with Gasteiger partial charge < -0.3 is 0 Å². The molecule has 1 aromatic carbocycles. The van der Waals surface area contributed by atoms with Crippen LogP contribution >= 0.6 is 27.7 Å². The summed E-state index contributed by atoms with van der Waals surface area (Å²) < 4.78 is 1.05. The van der Waals surface area contributed by atoms with Crippen molar-refractivity contribution in [2.75, 3.05) is 0 Å². The highest BCUT2D eigenvalue weighted by Gasteiger charge is 2.09. The first-order valence-corrected chi connectivity index (χ1v) is 6.20. The average molecular weight is 289 g/mol. The monoisotopic (exact) mass is 288 g/mol. The van der Waals surface area contributed by atoms with Gasteiger partial charge in [-0.3, -0.25) is 10.2 Å². The van der Waals surface area contributed by atoms with Crippen molar-refractivity contribution in [3.05, 3.63) is 28.7 Å². The van der Waals surface area contributed by atoms with Crippen molar-refractivity contribution in [2.24, 2.45) is 5.84 Å². The molecule has 0 aliphatic rings. The maximum absolute atomic E-state index is 11.0. The smallest absolute Gasteiger partial charge is 0.234 e. The van der Waals surface area contributed by atoms with Crippen LogP contribution in [0.5, 0.6) is 0 Å². The van der Waals surface area contributed by atoms with Gasteiger partial charge in [0.2, 0.25) is 5.91 Å². The number of hydrazine groups is 1. The Bertz CT molecular complexity index is 329. The Morgan fingerprint density at radius 2 is 2.13 bits per heavy atom. The van der Waals surface area contributed by atoms with Gasteiger partial charge in [-0.2, -0.15) is 0 Å². The van der Waals surface area contributed by atoms with Crippen molar-refractivity contribution < 1.29 is 4.79 Å². The molecular formula is C10H13BrN2OS. The molecule has 82 valence electrons. The van der Waals surface area contributed by atoms with Gasteiger partial charge in [0.1, 0.15) is 0 Å². The first-order chi connectivity index (χ1) is 7.11. The molecular weight excluding hydrogens is 276 g/mol. The lowest BCUT2D eigenvalue weighted by atomic mass is 10.3. The Morgan fingerprint density at radius 1 is 1.53 bits per heavy atom. The standard InChI is InChI=1S/C10H13BrN2OS/c1-7(6-10(14)13-12)15-9-4-2-8(11)3-5-9/h2-5,7H,6,12H2,1H3,(H,13,14). The molecule has 0 bridgehead atoms. The zero-order valence-electron chi connectivity index (χ0n) is 8.37. The minimum absolute atomic E-state index is 0.132. The van der Waals surface area contributed by atoms with Gasteiger partial charge in [0, 0.05) is 21.0 Å². The van der Waals surface area contributed by atoms with Gasteiger partial charge in [0.05, 0.1) is 0 Å². The quantitative estimate of drug-likeness (QED) is 0.387. The Morgan fingerprint density at radius 3 is 2.67 bits per heavy atom. The molecule has 1 atom stereocenters. The Hall–Kier alpha value is -0.520. The number of nitrogens with one attached hydrogen (secondary N) is 1. The summed E-state index contributed by atoms with van der Waals surface area (Å²) in [6.07, 6.45) is 0.428. The fraction of sp³-hybridized carbons (Fsp3) is 0.300. The molecule has 3 N–H and O–H groups in total. The molecule has 0 aliphatic heterocycles. The highest BCUT2D eigenvalue weighted by Crippen LogP contribution is 2.26. The van der Waals surface area contributed by atoms with Gasteiger partial charge in [0.15, 0.2) is 0 Å². The number of nitrogens with two attached hydrogens (primary N) is 1. The Kier molecular flexibility index (Phi) is 5.14. The molecule has 3 nitrogen and oxygen atoms in total. The lowest BCUT2D eigenvalue weighted by Gasteiger charge is -2.09. The third-order valence-corrected chi connectivity index (χ3v) is 3.43. The van der Waals surface area contributed by atoms with E-state index in [0.717, 1.165) is 9.37 Å². The van der Waals surface area contributed by atoms with E-state index < -0.39 is 0 Å². The summed E-state index contributed by atoms with van der Waals surface area (Å²) in [6.45, 7) is 2.00. The van der Waals surface area contributed by atoms with Crippen molar-refractivity contribution in [1.82, 2.24) is 5.43 Å². The molecule has 1 rings (SSSR count). The molecule has 15 heavy (non-hydrogen) atoms. The maximum Gasteiger partial charge on any atom is 0.234 e. The second-order valence-corrected chi connectivity index (χ2v) is 5.58. The van der Waals surface area contributed by atoms with Crippen LogP contribution in [0, 0.1) is 0 Å². The second kappa shape index (κ2) is 6.15. The first-order valence-electron chi connectivity index (χ1n) is 4.53. The summed E-state index contributed by atoms with van der Waals surface area (Å²) in [5.74, 6) is 4.89. The van der Waals surface area contributed by atoms with Gasteiger partial charge in [-0.05, 0) is 24.3 Å². The molecule has 0 aliphatic carbocycles. The van der Waals surface area contributed by atoms with Crippen molar-refractivity contribution in [1.29, 1.82) is 0 Å². The zero-order valence-corrected chi connectivity index (χ0v) is 10.8. The minimum atomic E-state index is -0.132. The number of carbonyl (C=O) groups excluding carboxylic acids is 1. The fourth-order valence-electron chi connectivity index (χ4n) is 1.11. The normalized spacial score (nSPS) is 12.2. The summed E-state index contributed by atoms with van der Waals surface area (Å²) in [4.78, 5) is 12.2. The Balaban J connectivity index is 2.47. The van der Waals surface area contributed by atoms with Gasteiger partial charge in [-0.15, -0.1) is 11.8 Å². The van der Waals surface area contributed by atoms with Crippen LogP contribution in [-0.2, 0) is 4.79 Å². The third-order valence-electron chi connectivity index (χ3n) is 1.78. The van der Waals surface area contributed by atoms with Crippen LogP contribution in [0.25, 0.3) is 0 Å². The number of benzene rings is 1. The number of amides is 1. The Labute approximate surface area is 102 Å². The van der Waals surface area contributed by atoms with Crippen molar-refractivity contribution in [2.45, 2.75) is 23.5 Å². The van der Waals surface area contributed by atoms with E-state index in [0.29, 0.717) is 6.42 Å². The number of hydrogen-bond donors (Lipinski definition) is 2. The van der Waals surface area contributed by atoms with Gasteiger partial charge in [-0.1, -0.05) is 22.9 Å². The summed E-state index contributed by atoms with van der Waals surface area (Å²) in [5, 5.41) is 0.217. The molecule has 0 heterocycles. The van der Waals surface area contributed by atoms with Crippen molar-refractivity contribution >= 4 is 33.6 Å². The molecule has 0 saturated heterocycles. The fourth-order valence-corrected chi connectivity index (χ4v) is 2.36. The van der Waals surface area contributed by atoms with E-state index in [2.05, 4.69) is 21.4 Å². The molecule has 0 aromatic heterocycles.